The maximum absolute atomic E-state index is 11.6. The minimum atomic E-state index is -0.908. The maximum atomic E-state index is 11.6. The van der Waals surface area contributed by atoms with E-state index in [1.807, 2.05) is 0 Å². The van der Waals surface area contributed by atoms with E-state index in [0.29, 0.717) is 6.26 Å². The number of aliphatic hydroxyl groups excluding tert-OH is 1. The maximum Gasteiger partial charge on any atom is 0.349 e. The van der Waals surface area contributed by atoms with Gasteiger partial charge in [0.25, 0.3) is 0 Å². The lowest BCUT2D eigenvalue weighted by Crippen LogP contribution is -2.31. The normalized spacial score (nSPS) is 11.6. The third kappa shape index (κ3) is 6.60. The monoisotopic (exact) mass is 244 g/mol. The summed E-state index contributed by atoms with van der Waals surface area (Å²) in [7, 11) is 0. The molecule has 0 aliphatic heterocycles. The van der Waals surface area contributed by atoms with E-state index in [4.69, 9.17) is 14.6 Å². The molecule has 0 spiro atoms. The molecule has 0 saturated carbocycles. The van der Waals surface area contributed by atoms with Gasteiger partial charge in [0.2, 0.25) is 0 Å². The number of aliphatic hydroxyl groups is 1. The van der Waals surface area contributed by atoms with Gasteiger partial charge in [-0.1, -0.05) is 0 Å². The van der Waals surface area contributed by atoms with Gasteiger partial charge in [0.15, 0.2) is 5.57 Å². The summed E-state index contributed by atoms with van der Waals surface area (Å²) in [4.78, 5) is 23.1. The van der Waals surface area contributed by atoms with Crippen LogP contribution in [0.4, 0.5) is 0 Å². The highest BCUT2D eigenvalue weighted by Crippen LogP contribution is 2.15. The van der Waals surface area contributed by atoms with Crippen LogP contribution in [-0.4, -0.2) is 28.2 Å². The molecule has 1 N–H and O–H groups in total. The summed E-state index contributed by atoms with van der Waals surface area (Å²) in [6, 6.07) is 0. The predicted molar refractivity (Wildman–Crippen MR) is 62.4 cm³/mol. The molecule has 5 nitrogen and oxygen atoms in total. The number of carbonyl (C=O) groups excluding carboxylic acids is 2. The van der Waals surface area contributed by atoms with Crippen LogP contribution < -0.4 is 0 Å². The Morgan fingerprint density at radius 2 is 1.18 bits per heavy atom. The van der Waals surface area contributed by atoms with Crippen LogP contribution >= 0.6 is 0 Å². The Bertz CT molecular complexity index is 298. The molecule has 0 heterocycles. The van der Waals surface area contributed by atoms with Gasteiger partial charge in [0.05, 0.1) is 0 Å². The van der Waals surface area contributed by atoms with Crippen molar-refractivity contribution in [3.63, 3.8) is 0 Å². The van der Waals surface area contributed by atoms with Crippen molar-refractivity contribution >= 4 is 11.9 Å². The first-order valence-corrected chi connectivity index (χ1v) is 5.27. The highest BCUT2D eigenvalue weighted by atomic mass is 16.6. The molecule has 17 heavy (non-hydrogen) atoms. The van der Waals surface area contributed by atoms with Crippen molar-refractivity contribution in [1.82, 2.24) is 0 Å². The fourth-order valence-electron chi connectivity index (χ4n) is 0.855. The van der Waals surface area contributed by atoms with E-state index in [-0.39, 0.29) is 0 Å². The number of esters is 2. The zero-order chi connectivity index (χ0) is 13.9. The minimum Gasteiger partial charge on any atom is -0.514 e. The smallest absolute Gasteiger partial charge is 0.349 e. The Labute approximate surface area is 101 Å². The summed E-state index contributed by atoms with van der Waals surface area (Å²) in [5, 5.41) is 8.90. The van der Waals surface area contributed by atoms with Gasteiger partial charge in [-0.2, -0.15) is 0 Å². The van der Waals surface area contributed by atoms with Crippen molar-refractivity contribution in [2.75, 3.05) is 0 Å². The number of ether oxygens (including phenoxy) is 2. The van der Waals surface area contributed by atoms with E-state index >= 15 is 0 Å². The molecule has 0 saturated heterocycles. The van der Waals surface area contributed by atoms with Crippen LogP contribution in [0.2, 0.25) is 0 Å². The minimum absolute atomic E-state index is 0.405. The summed E-state index contributed by atoms with van der Waals surface area (Å²) in [6.07, 6.45) is 0.405. The molecular formula is C12H20O5. The van der Waals surface area contributed by atoms with E-state index < -0.39 is 28.7 Å². The molecule has 98 valence electrons. The molecule has 0 aliphatic carbocycles. The second-order valence-electron chi connectivity index (χ2n) is 5.55. The van der Waals surface area contributed by atoms with E-state index in [1.165, 1.54) is 0 Å². The third-order valence-corrected chi connectivity index (χ3v) is 1.37. The lowest BCUT2D eigenvalue weighted by atomic mass is 10.1. The van der Waals surface area contributed by atoms with Crippen molar-refractivity contribution in [2.24, 2.45) is 0 Å². The number of carbonyl (C=O) groups is 2. The van der Waals surface area contributed by atoms with E-state index in [9.17, 15) is 9.59 Å². The van der Waals surface area contributed by atoms with Crippen LogP contribution in [0.15, 0.2) is 11.8 Å². The zero-order valence-corrected chi connectivity index (χ0v) is 11.2. The molecule has 0 unspecified atom stereocenters. The fourth-order valence-corrected chi connectivity index (χ4v) is 0.855. The largest absolute Gasteiger partial charge is 0.514 e. The molecule has 0 aromatic carbocycles. The summed E-state index contributed by atoms with van der Waals surface area (Å²) in [5.74, 6) is -1.82. The van der Waals surface area contributed by atoms with Gasteiger partial charge in [0.1, 0.15) is 17.5 Å². The van der Waals surface area contributed by atoms with Crippen molar-refractivity contribution in [3.8, 4) is 0 Å². The molecular weight excluding hydrogens is 224 g/mol. The highest BCUT2D eigenvalue weighted by molar-refractivity contribution is 6.13. The molecule has 0 rings (SSSR count). The Kier molecular flexibility index (Phi) is 4.74. The van der Waals surface area contributed by atoms with E-state index in [1.54, 1.807) is 41.5 Å². The van der Waals surface area contributed by atoms with Crippen LogP contribution in [0, 0.1) is 0 Å². The van der Waals surface area contributed by atoms with Gasteiger partial charge in [-0.3, -0.25) is 0 Å². The summed E-state index contributed by atoms with van der Waals surface area (Å²) < 4.78 is 9.92. The zero-order valence-electron chi connectivity index (χ0n) is 11.2. The number of hydrogen-bond donors (Lipinski definition) is 1. The second kappa shape index (κ2) is 5.21. The molecule has 5 heteroatoms. The lowest BCUT2D eigenvalue weighted by Gasteiger charge is -2.22. The third-order valence-electron chi connectivity index (χ3n) is 1.37. The van der Waals surface area contributed by atoms with Gasteiger partial charge < -0.3 is 14.6 Å². The van der Waals surface area contributed by atoms with Crippen LogP contribution in [0.3, 0.4) is 0 Å². The van der Waals surface area contributed by atoms with Crippen LogP contribution in [0.25, 0.3) is 0 Å². The van der Waals surface area contributed by atoms with Gasteiger partial charge >= 0.3 is 11.9 Å². The molecule has 0 aromatic heterocycles. The van der Waals surface area contributed by atoms with Crippen LogP contribution in [-0.2, 0) is 19.1 Å². The molecule has 0 aromatic rings. The standard InChI is InChI=1S/C12H20O5/c1-11(2,3)16-9(14)8(7-13)10(15)17-12(4,5)6/h7,13H,1-6H3. The van der Waals surface area contributed by atoms with Crippen molar-refractivity contribution in [1.29, 1.82) is 0 Å². The van der Waals surface area contributed by atoms with Crippen molar-refractivity contribution < 1.29 is 24.2 Å². The molecule has 0 aliphatic rings. The lowest BCUT2D eigenvalue weighted by molar-refractivity contribution is -0.158. The first-order valence-electron chi connectivity index (χ1n) is 5.27. The Morgan fingerprint density at radius 1 is 0.882 bits per heavy atom. The molecule has 0 amide bonds. The summed E-state index contributed by atoms with van der Waals surface area (Å²) in [5.41, 5.74) is -2.00. The SMILES string of the molecule is CC(C)(C)OC(=O)C(=CO)C(=O)OC(C)(C)C. The number of rotatable bonds is 2. The van der Waals surface area contributed by atoms with E-state index in [2.05, 4.69) is 0 Å². The topological polar surface area (TPSA) is 72.8 Å². The predicted octanol–water partition coefficient (Wildman–Crippen LogP) is 2.11. The molecule has 0 atom stereocenters. The van der Waals surface area contributed by atoms with Crippen LogP contribution in [0.5, 0.6) is 0 Å². The average molecular weight is 244 g/mol. The Morgan fingerprint density at radius 3 is 1.35 bits per heavy atom. The highest BCUT2D eigenvalue weighted by Gasteiger charge is 2.29. The van der Waals surface area contributed by atoms with Gasteiger partial charge in [-0.05, 0) is 41.5 Å². The molecule has 0 fully saturated rings. The quantitative estimate of drug-likeness (QED) is 0.265. The number of hydrogen-bond acceptors (Lipinski definition) is 5. The van der Waals surface area contributed by atoms with Gasteiger partial charge in [-0.25, -0.2) is 9.59 Å². The Hall–Kier alpha value is -1.52. The fraction of sp³-hybridized carbons (Fsp3) is 0.667. The van der Waals surface area contributed by atoms with Gasteiger partial charge in [-0.15, -0.1) is 0 Å². The second-order valence-corrected chi connectivity index (χ2v) is 5.55. The van der Waals surface area contributed by atoms with Crippen LogP contribution in [0.1, 0.15) is 41.5 Å². The van der Waals surface area contributed by atoms with Crippen molar-refractivity contribution in [2.45, 2.75) is 52.7 Å². The first-order chi connectivity index (χ1) is 7.46. The van der Waals surface area contributed by atoms with E-state index in [0.717, 1.165) is 0 Å². The summed E-state index contributed by atoms with van der Waals surface area (Å²) >= 11 is 0. The van der Waals surface area contributed by atoms with Gasteiger partial charge in [0, 0.05) is 0 Å². The average Bonchev–Trinajstić information content (AvgIpc) is 1.96. The van der Waals surface area contributed by atoms with Crippen molar-refractivity contribution in [3.05, 3.63) is 11.8 Å². The summed E-state index contributed by atoms with van der Waals surface area (Å²) in [6.45, 7) is 9.97. The first kappa shape index (κ1) is 15.5. The Balaban J connectivity index is 4.77. The molecule has 0 bridgehead atoms. The molecule has 0 radical (unpaired) electrons.